The van der Waals surface area contributed by atoms with Gasteiger partial charge in [0, 0.05) is 14.6 Å². The lowest BCUT2D eigenvalue weighted by Crippen LogP contribution is -2.46. The minimum atomic E-state index is -4.13. The fraction of sp³-hybridized carbons (Fsp3) is 0.263. The summed E-state index contributed by atoms with van der Waals surface area (Å²) in [6.45, 7) is 0. The number of rotatable bonds is 5. The molecule has 0 aromatic heterocycles. The Morgan fingerprint density at radius 1 is 1.03 bits per heavy atom. The van der Waals surface area contributed by atoms with Crippen LogP contribution in [-0.4, -0.2) is 36.6 Å². The zero-order valence-electron chi connectivity index (χ0n) is 14.9. The molecule has 2 aliphatic rings. The van der Waals surface area contributed by atoms with Crippen LogP contribution in [-0.2, 0) is 19.6 Å². The average molecular weight is 565 g/mol. The van der Waals surface area contributed by atoms with Crippen LogP contribution in [0.3, 0.4) is 0 Å². The molecule has 10 heteroatoms. The number of imide groups is 1. The quantitative estimate of drug-likeness (QED) is 0.405. The van der Waals surface area contributed by atoms with Gasteiger partial charge in [0.15, 0.2) is 0 Å². The highest BCUT2D eigenvalue weighted by atomic mass is 127. The molecule has 1 atom stereocenters. The van der Waals surface area contributed by atoms with Gasteiger partial charge in [-0.2, -0.15) is 4.31 Å². The van der Waals surface area contributed by atoms with Gasteiger partial charge in [-0.05, 0) is 77.9 Å². The first kappa shape index (κ1) is 21.0. The van der Waals surface area contributed by atoms with E-state index in [9.17, 15) is 18.0 Å². The maximum absolute atomic E-state index is 13.4. The molecule has 0 radical (unpaired) electrons. The van der Waals surface area contributed by atoms with Gasteiger partial charge in [0.25, 0.3) is 5.91 Å². The fourth-order valence-corrected chi connectivity index (χ4v) is 6.34. The second kappa shape index (κ2) is 7.81. The van der Waals surface area contributed by atoms with E-state index in [1.165, 1.54) is 18.2 Å². The Morgan fingerprint density at radius 3 is 2.31 bits per heavy atom. The van der Waals surface area contributed by atoms with Crippen LogP contribution >= 0.6 is 45.8 Å². The smallest absolute Gasteiger partial charge is 0.252 e. The molecule has 2 aromatic rings. The number of hydrogen-bond donors (Lipinski definition) is 0. The summed E-state index contributed by atoms with van der Waals surface area (Å²) in [5, 5.41) is 0.240. The molecule has 0 bridgehead atoms. The molecule has 1 saturated heterocycles. The van der Waals surface area contributed by atoms with E-state index >= 15 is 0 Å². The highest BCUT2D eigenvalue weighted by molar-refractivity contribution is 14.1. The normalized spacial score (nSPS) is 20.0. The third-order valence-electron chi connectivity index (χ3n) is 4.87. The van der Waals surface area contributed by atoms with Crippen LogP contribution in [0.15, 0.2) is 47.4 Å². The number of halogens is 3. The number of carbonyl (C=O) groups is 2. The molecule has 0 spiro atoms. The number of benzene rings is 2. The number of sulfonamides is 1. The number of hydrogen-bond acceptors (Lipinski definition) is 4. The number of amides is 2. The van der Waals surface area contributed by atoms with Gasteiger partial charge in [-0.25, -0.2) is 13.3 Å². The average Bonchev–Trinajstić information content (AvgIpc) is 3.44. The van der Waals surface area contributed by atoms with Crippen LogP contribution in [0.1, 0.15) is 19.3 Å². The Balaban J connectivity index is 1.73. The van der Waals surface area contributed by atoms with Crippen LogP contribution in [0.5, 0.6) is 0 Å². The minimum absolute atomic E-state index is 0.0197. The largest absolute Gasteiger partial charge is 0.274 e. The molecule has 1 heterocycles. The summed E-state index contributed by atoms with van der Waals surface area (Å²) in [6.07, 6.45) is 1.04. The lowest BCUT2D eigenvalue weighted by Gasteiger charge is -2.27. The second-order valence-electron chi connectivity index (χ2n) is 6.90. The van der Waals surface area contributed by atoms with Crippen molar-refractivity contribution >= 4 is 73.3 Å². The lowest BCUT2D eigenvalue weighted by atomic mass is 10.2. The Morgan fingerprint density at radius 2 is 1.69 bits per heavy atom. The zero-order chi connectivity index (χ0) is 20.9. The standard InChI is InChI=1S/C19H15Cl2IN2O4S/c20-11-1-8-15(21)17(9-11)29(27,28)24(14-6-7-14)16-10-18(25)23(19(16)26)13-4-2-12(22)3-5-13/h1-5,8-9,14,16H,6-7,10H2. The molecule has 29 heavy (non-hydrogen) atoms. The second-order valence-corrected chi connectivity index (χ2v) is 10.8. The number of anilines is 1. The van der Waals surface area contributed by atoms with Gasteiger partial charge >= 0.3 is 0 Å². The van der Waals surface area contributed by atoms with Gasteiger partial charge in [-0.1, -0.05) is 23.2 Å². The van der Waals surface area contributed by atoms with E-state index in [2.05, 4.69) is 22.6 Å². The summed E-state index contributed by atoms with van der Waals surface area (Å²) in [4.78, 5) is 26.7. The van der Waals surface area contributed by atoms with E-state index in [0.29, 0.717) is 18.5 Å². The van der Waals surface area contributed by atoms with Crippen molar-refractivity contribution in [3.8, 4) is 0 Å². The summed E-state index contributed by atoms with van der Waals surface area (Å²) in [7, 11) is -4.13. The molecule has 152 valence electrons. The van der Waals surface area contributed by atoms with Crippen molar-refractivity contribution in [3.63, 3.8) is 0 Å². The predicted molar refractivity (Wildman–Crippen MR) is 119 cm³/mol. The van der Waals surface area contributed by atoms with E-state index in [4.69, 9.17) is 23.2 Å². The molecule has 1 saturated carbocycles. The molecule has 1 aliphatic heterocycles. The molecule has 2 aromatic carbocycles. The molecule has 6 nitrogen and oxygen atoms in total. The Bertz CT molecular complexity index is 1100. The Kier molecular flexibility index (Phi) is 5.67. The minimum Gasteiger partial charge on any atom is -0.274 e. The van der Waals surface area contributed by atoms with Crippen LogP contribution in [0.25, 0.3) is 0 Å². The molecule has 1 unspecified atom stereocenters. The number of nitrogens with zero attached hydrogens (tertiary/aromatic N) is 2. The van der Waals surface area contributed by atoms with Gasteiger partial charge in [0.2, 0.25) is 15.9 Å². The molecule has 0 N–H and O–H groups in total. The topological polar surface area (TPSA) is 74.8 Å². The van der Waals surface area contributed by atoms with Crippen molar-refractivity contribution in [2.75, 3.05) is 4.90 Å². The van der Waals surface area contributed by atoms with E-state index < -0.39 is 27.9 Å². The molecule has 2 amide bonds. The third-order valence-corrected chi connectivity index (χ3v) is 8.27. The van der Waals surface area contributed by atoms with Crippen LogP contribution < -0.4 is 4.90 Å². The monoisotopic (exact) mass is 564 g/mol. The van der Waals surface area contributed by atoms with Gasteiger partial charge in [0.1, 0.15) is 10.9 Å². The molecule has 4 rings (SSSR count). The first-order chi connectivity index (χ1) is 13.7. The first-order valence-electron chi connectivity index (χ1n) is 8.81. The fourth-order valence-electron chi connectivity index (χ4n) is 3.41. The van der Waals surface area contributed by atoms with Gasteiger partial charge in [-0.15, -0.1) is 0 Å². The van der Waals surface area contributed by atoms with E-state index in [-0.39, 0.29) is 27.4 Å². The van der Waals surface area contributed by atoms with Gasteiger partial charge in [-0.3, -0.25) is 9.59 Å². The third kappa shape index (κ3) is 3.93. The lowest BCUT2D eigenvalue weighted by molar-refractivity contribution is -0.122. The summed E-state index contributed by atoms with van der Waals surface area (Å²) in [5.41, 5.74) is 0.428. The highest BCUT2D eigenvalue weighted by Crippen LogP contribution is 2.40. The van der Waals surface area contributed by atoms with E-state index in [1.807, 2.05) is 0 Å². The van der Waals surface area contributed by atoms with E-state index in [0.717, 1.165) is 12.8 Å². The van der Waals surface area contributed by atoms with Crippen molar-refractivity contribution in [1.82, 2.24) is 4.31 Å². The Hall–Kier alpha value is -1.20. The zero-order valence-corrected chi connectivity index (χ0v) is 19.4. The first-order valence-corrected chi connectivity index (χ1v) is 12.1. The summed E-state index contributed by atoms with van der Waals surface area (Å²) >= 11 is 14.2. The molecule has 2 fully saturated rings. The predicted octanol–water partition coefficient (Wildman–Crippen LogP) is 4.08. The van der Waals surface area contributed by atoms with Crippen molar-refractivity contribution in [2.24, 2.45) is 0 Å². The molecular formula is C19H15Cl2IN2O4S. The summed E-state index contributed by atoms with van der Waals surface area (Å²) in [5.74, 6) is -0.982. The summed E-state index contributed by atoms with van der Waals surface area (Å²) < 4.78 is 28.9. The van der Waals surface area contributed by atoms with Crippen LogP contribution in [0.2, 0.25) is 10.0 Å². The Labute approximate surface area is 192 Å². The maximum atomic E-state index is 13.4. The van der Waals surface area contributed by atoms with Crippen molar-refractivity contribution in [2.45, 2.75) is 36.2 Å². The van der Waals surface area contributed by atoms with Gasteiger partial charge in [0.05, 0.1) is 17.1 Å². The highest BCUT2D eigenvalue weighted by Gasteiger charge is 2.52. The SMILES string of the molecule is O=C1CC(N(C2CC2)S(=O)(=O)c2cc(Cl)ccc2Cl)C(=O)N1c1ccc(I)cc1. The molecule has 1 aliphatic carbocycles. The van der Waals surface area contributed by atoms with Gasteiger partial charge < -0.3 is 0 Å². The van der Waals surface area contributed by atoms with E-state index in [1.54, 1.807) is 24.3 Å². The molecular weight excluding hydrogens is 550 g/mol. The van der Waals surface area contributed by atoms with Crippen molar-refractivity contribution in [1.29, 1.82) is 0 Å². The maximum Gasteiger partial charge on any atom is 0.252 e. The van der Waals surface area contributed by atoms with Crippen molar-refractivity contribution in [3.05, 3.63) is 56.1 Å². The number of carbonyl (C=O) groups excluding carboxylic acids is 2. The van der Waals surface area contributed by atoms with Crippen molar-refractivity contribution < 1.29 is 18.0 Å². The van der Waals surface area contributed by atoms with Crippen LogP contribution in [0.4, 0.5) is 5.69 Å². The van der Waals surface area contributed by atoms with Crippen LogP contribution in [0, 0.1) is 3.57 Å². The summed E-state index contributed by atoms with van der Waals surface area (Å²) in [6, 6.07) is 9.63.